The Labute approximate surface area is 133 Å². The molecule has 0 saturated carbocycles. The summed E-state index contributed by atoms with van der Waals surface area (Å²) in [6.07, 6.45) is 2.47. The first-order chi connectivity index (χ1) is 11.1. The molecule has 1 aromatic heterocycles. The van der Waals surface area contributed by atoms with Crippen molar-refractivity contribution in [2.45, 2.75) is 25.8 Å². The Bertz CT molecular complexity index is 655. The molecule has 1 heterocycles. The van der Waals surface area contributed by atoms with Crippen LogP contribution in [0.2, 0.25) is 0 Å². The van der Waals surface area contributed by atoms with Crippen molar-refractivity contribution in [3.63, 3.8) is 0 Å². The van der Waals surface area contributed by atoms with Gasteiger partial charge in [0.1, 0.15) is 11.4 Å². The summed E-state index contributed by atoms with van der Waals surface area (Å²) in [4.78, 5) is 22.3. The van der Waals surface area contributed by atoms with Crippen molar-refractivity contribution >= 4 is 17.3 Å². The van der Waals surface area contributed by atoms with Crippen molar-refractivity contribution in [3.8, 4) is 0 Å². The van der Waals surface area contributed by atoms with E-state index in [0.717, 1.165) is 0 Å². The second-order valence-electron chi connectivity index (χ2n) is 5.11. The fourth-order valence-electron chi connectivity index (χ4n) is 2.18. The van der Waals surface area contributed by atoms with Gasteiger partial charge in [-0.25, -0.2) is 0 Å². The zero-order valence-corrected chi connectivity index (χ0v) is 12.8. The largest absolute Gasteiger partial charge is 0.467 e. The molecular formula is C16H19N3O4. The highest BCUT2D eigenvalue weighted by atomic mass is 16.6. The van der Waals surface area contributed by atoms with Crippen molar-refractivity contribution in [1.82, 2.24) is 5.32 Å². The second kappa shape index (κ2) is 7.98. The lowest BCUT2D eigenvalue weighted by molar-refractivity contribution is -0.384. The Morgan fingerprint density at radius 2 is 2.09 bits per heavy atom. The molecule has 7 heteroatoms. The molecule has 23 heavy (non-hydrogen) atoms. The van der Waals surface area contributed by atoms with Crippen molar-refractivity contribution < 1.29 is 14.1 Å². The van der Waals surface area contributed by atoms with Gasteiger partial charge in [-0.15, -0.1) is 0 Å². The van der Waals surface area contributed by atoms with Gasteiger partial charge in [-0.1, -0.05) is 12.1 Å². The van der Waals surface area contributed by atoms with E-state index in [1.165, 1.54) is 6.07 Å². The molecule has 0 saturated heterocycles. The van der Waals surface area contributed by atoms with Gasteiger partial charge in [0, 0.05) is 19.0 Å². The highest BCUT2D eigenvalue weighted by molar-refractivity contribution is 5.76. The fourth-order valence-corrected chi connectivity index (χ4v) is 2.18. The van der Waals surface area contributed by atoms with Crippen LogP contribution in [0.4, 0.5) is 11.4 Å². The Hall–Kier alpha value is -2.83. The molecule has 0 radical (unpaired) electrons. The molecule has 0 aliphatic heterocycles. The lowest BCUT2D eigenvalue weighted by Crippen LogP contribution is -2.26. The highest BCUT2D eigenvalue weighted by Crippen LogP contribution is 2.23. The molecule has 0 aliphatic carbocycles. The average molecular weight is 317 g/mol. The summed E-state index contributed by atoms with van der Waals surface area (Å²) >= 11 is 0. The maximum absolute atomic E-state index is 11.8. The number of benzene rings is 1. The normalized spacial score (nSPS) is 11.7. The Kier molecular flexibility index (Phi) is 5.74. The molecule has 1 amide bonds. The molecule has 2 aromatic rings. The summed E-state index contributed by atoms with van der Waals surface area (Å²) < 4.78 is 5.22. The number of carbonyl (C=O) groups is 1. The lowest BCUT2D eigenvalue weighted by atomic mass is 10.2. The number of nitro groups is 1. The van der Waals surface area contributed by atoms with Crippen LogP contribution in [-0.4, -0.2) is 17.4 Å². The molecule has 0 bridgehead atoms. The van der Waals surface area contributed by atoms with Gasteiger partial charge < -0.3 is 15.1 Å². The van der Waals surface area contributed by atoms with Crippen LogP contribution in [0.3, 0.4) is 0 Å². The second-order valence-corrected chi connectivity index (χ2v) is 5.11. The van der Waals surface area contributed by atoms with Crippen LogP contribution in [0, 0.1) is 10.1 Å². The molecule has 0 aliphatic rings. The van der Waals surface area contributed by atoms with Crippen LogP contribution in [0.15, 0.2) is 47.1 Å². The van der Waals surface area contributed by atoms with Crippen LogP contribution >= 0.6 is 0 Å². The summed E-state index contributed by atoms with van der Waals surface area (Å²) in [7, 11) is 0. The number of nitrogens with zero attached hydrogens (tertiary/aromatic N) is 1. The number of furan rings is 1. The number of carbonyl (C=O) groups excluding carboxylic acids is 1. The number of amides is 1. The summed E-state index contributed by atoms with van der Waals surface area (Å²) in [5.74, 6) is 0.620. The average Bonchev–Trinajstić information content (AvgIpc) is 3.06. The molecule has 1 aromatic carbocycles. The Balaban J connectivity index is 1.73. The molecular weight excluding hydrogens is 298 g/mol. The first kappa shape index (κ1) is 16.5. The number of rotatable bonds is 8. The third-order valence-corrected chi connectivity index (χ3v) is 3.34. The van der Waals surface area contributed by atoms with Crippen molar-refractivity contribution in [3.05, 3.63) is 58.5 Å². The summed E-state index contributed by atoms with van der Waals surface area (Å²) in [6, 6.07) is 9.84. The first-order valence-corrected chi connectivity index (χ1v) is 7.38. The van der Waals surface area contributed by atoms with E-state index in [0.29, 0.717) is 30.8 Å². The smallest absolute Gasteiger partial charge is 0.292 e. The third kappa shape index (κ3) is 4.84. The van der Waals surface area contributed by atoms with E-state index < -0.39 is 4.92 Å². The Morgan fingerprint density at radius 1 is 1.30 bits per heavy atom. The minimum atomic E-state index is -0.430. The van der Waals surface area contributed by atoms with Crippen LogP contribution in [0.5, 0.6) is 0 Å². The molecule has 122 valence electrons. The monoisotopic (exact) mass is 317 g/mol. The standard InChI is InChI=1S/C16H19N3O4/c1-12(15-8-5-11-23-15)18-16(20)9-4-10-17-13-6-2-3-7-14(13)19(21)22/h2-3,5-8,11-12,17H,4,9-10H2,1H3,(H,18,20)/t12-/m0/s1. The number of nitrogens with one attached hydrogen (secondary N) is 2. The fraction of sp³-hybridized carbons (Fsp3) is 0.312. The highest BCUT2D eigenvalue weighted by Gasteiger charge is 2.13. The van der Waals surface area contributed by atoms with Crippen LogP contribution in [-0.2, 0) is 4.79 Å². The van der Waals surface area contributed by atoms with Gasteiger partial charge in [0.25, 0.3) is 5.69 Å². The first-order valence-electron chi connectivity index (χ1n) is 7.38. The molecule has 1 atom stereocenters. The van der Waals surface area contributed by atoms with Gasteiger partial charge in [-0.2, -0.15) is 0 Å². The maximum atomic E-state index is 11.8. The molecule has 0 fully saturated rings. The van der Waals surface area contributed by atoms with E-state index in [-0.39, 0.29) is 17.6 Å². The number of hydrogen-bond donors (Lipinski definition) is 2. The SMILES string of the molecule is C[C@H](NC(=O)CCCNc1ccccc1[N+](=O)[O-])c1ccco1. The minimum Gasteiger partial charge on any atom is -0.467 e. The molecule has 2 rings (SSSR count). The molecule has 2 N–H and O–H groups in total. The summed E-state index contributed by atoms with van der Waals surface area (Å²) in [6.45, 7) is 2.33. The maximum Gasteiger partial charge on any atom is 0.292 e. The van der Waals surface area contributed by atoms with Crippen molar-refractivity contribution in [2.24, 2.45) is 0 Å². The van der Waals surface area contributed by atoms with Crippen LogP contribution in [0.1, 0.15) is 31.6 Å². The van der Waals surface area contributed by atoms with E-state index in [1.807, 2.05) is 6.92 Å². The lowest BCUT2D eigenvalue weighted by Gasteiger charge is -2.11. The van der Waals surface area contributed by atoms with Gasteiger partial charge in [0.2, 0.25) is 5.91 Å². The van der Waals surface area contributed by atoms with Gasteiger partial charge in [0.05, 0.1) is 17.2 Å². The van der Waals surface area contributed by atoms with Gasteiger partial charge >= 0.3 is 0 Å². The van der Waals surface area contributed by atoms with E-state index in [9.17, 15) is 14.9 Å². The van der Waals surface area contributed by atoms with Crippen LogP contribution < -0.4 is 10.6 Å². The minimum absolute atomic E-state index is 0.0309. The number of nitro benzene ring substituents is 1. The third-order valence-electron chi connectivity index (χ3n) is 3.34. The zero-order chi connectivity index (χ0) is 16.7. The summed E-state index contributed by atoms with van der Waals surface area (Å²) in [5, 5.41) is 16.7. The van der Waals surface area contributed by atoms with E-state index >= 15 is 0 Å². The van der Waals surface area contributed by atoms with Crippen molar-refractivity contribution in [2.75, 3.05) is 11.9 Å². The van der Waals surface area contributed by atoms with Gasteiger partial charge in [-0.05, 0) is 31.5 Å². The van der Waals surface area contributed by atoms with E-state index in [4.69, 9.17) is 4.42 Å². The van der Waals surface area contributed by atoms with Gasteiger partial charge in [-0.3, -0.25) is 14.9 Å². The number of hydrogen-bond acceptors (Lipinski definition) is 5. The number of anilines is 1. The topological polar surface area (TPSA) is 97.4 Å². The quantitative estimate of drug-likeness (QED) is 0.442. The predicted molar refractivity (Wildman–Crippen MR) is 86.1 cm³/mol. The van der Waals surface area contributed by atoms with Crippen molar-refractivity contribution in [1.29, 1.82) is 0 Å². The van der Waals surface area contributed by atoms with Gasteiger partial charge in [0.15, 0.2) is 0 Å². The zero-order valence-electron chi connectivity index (χ0n) is 12.8. The molecule has 7 nitrogen and oxygen atoms in total. The molecule has 0 unspecified atom stereocenters. The molecule has 0 spiro atoms. The Morgan fingerprint density at radius 3 is 2.78 bits per heavy atom. The number of para-hydroxylation sites is 2. The summed E-state index contributed by atoms with van der Waals surface area (Å²) in [5.41, 5.74) is 0.491. The van der Waals surface area contributed by atoms with Crippen LogP contribution in [0.25, 0.3) is 0 Å². The van der Waals surface area contributed by atoms with E-state index in [2.05, 4.69) is 10.6 Å². The predicted octanol–water partition coefficient (Wildman–Crippen LogP) is 3.26. The van der Waals surface area contributed by atoms with E-state index in [1.54, 1.807) is 36.6 Å².